The van der Waals surface area contributed by atoms with E-state index in [1.54, 1.807) is 6.33 Å². The smallest absolute Gasteiger partial charge is 0.137 e. The molecule has 2 rings (SSSR count). The monoisotopic (exact) mass is 294 g/mol. The average molecular weight is 295 g/mol. The largest absolute Gasteiger partial charge is 0.326 e. The van der Waals surface area contributed by atoms with Gasteiger partial charge in [0.15, 0.2) is 0 Å². The van der Waals surface area contributed by atoms with E-state index in [0.717, 1.165) is 16.5 Å². The Labute approximate surface area is 109 Å². The molecule has 2 aromatic rings. The van der Waals surface area contributed by atoms with Crippen LogP contribution < -0.4 is 5.73 Å². The molecule has 17 heavy (non-hydrogen) atoms. The lowest BCUT2D eigenvalue weighted by Gasteiger charge is -2.24. The molecule has 1 aromatic carbocycles. The molecule has 0 aliphatic rings. The number of rotatable bonds is 4. The summed E-state index contributed by atoms with van der Waals surface area (Å²) in [6, 6.07) is 8.09. The molecular weight excluding hydrogens is 280 g/mol. The Morgan fingerprint density at radius 2 is 2.18 bits per heavy atom. The Bertz CT molecular complexity index is 469. The van der Waals surface area contributed by atoms with Crippen LogP contribution in [0.5, 0.6) is 0 Å². The van der Waals surface area contributed by atoms with E-state index in [4.69, 9.17) is 5.73 Å². The number of benzene rings is 1. The second-order valence-corrected chi connectivity index (χ2v) is 4.77. The van der Waals surface area contributed by atoms with Crippen LogP contribution in [0.4, 0.5) is 0 Å². The minimum Gasteiger partial charge on any atom is -0.326 e. The molecule has 90 valence electrons. The van der Waals surface area contributed by atoms with Gasteiger partial charge in [0.1, 0.15) is 12.7 Å². The number of nitrogens with zero attached hydrogens (tertiary/aromatic N) is 3. The van der Waals surface area contributed by atoms with Crippen molar-refractivity contribution in [1.29, 1.82) is 0 Å². The Balaban J connectivity index is 2.44. The molecule has 1 aromatic heterocycles. The highest BCUT2D eigenvalue weighted by molar-refractivity contribution is 9.10. The molecule has 0 bridgehead atoms. The molecule has 0 amide bonds. The summed E-state index contributed by atoms with van der Waals surface area (Å²) in [5.74, 6) is 0. The lowest BCUT2D eigenvalue weighted by atomic mass is 9.98. The third-order valence-electron chi connectivity index (χ3n) is 2.82. The van der Waals surface area contributed by atoms with E-state index >= 15 is 0 Å². The van der Waals surface area contributed by atoms with Crippen LogP contribution in [0.25, 0.3) is 0 Å². The Morgan fingerprint density at radius 3 is 2.76 bits per heavy atom. The number of hydrogen-bond acceptors (Lipinski definition) is 3. The van der Waals surface area contributed by atoms with E-state index in [2.05, 4.69) is 39.0 Å². The fourth-order valence-corrected chi connectivity index (χ4v) is 2.39. The summed E-state index contributed by atoms with van der Waals surface area (Å²) >= 11 is 3.56. The van der Waals surface area contributed by atoms with Gasteiger partial charge in [-0.2, -0.15) is 5.10 Å². The second kappa shape index (κ2) is 5.42. The molecule has 4 nitrogen and oxygen atoms in total. The molecule has 0 radical (unpaired) electrons. The maximum Gasteiger partial charge on any atom is 0.137 e. The summed E-state index contributed by atoms with van der Waals surface area (Å²) < 4.78 is 2.86. The molecule has 0 saturated heterocycles. The molecule has 0 fully saturated rings. The fraction of sp³-hybridized carbons (Fsp3) is 0.333. The first kappa shape index (κ1) is 12.3. The van der Waals surface area contributed by atoms with Crippen molar-refractivity contribution in [3.05, 3.63) is 47.0 Å². The van der Waals surface area contributed by atoms with Crippen LogP contribution in [0.15, 0.2) is 41.4 Å². The van der Waals surface area contributed by atoms with Crippen molar-refractivity contribution < 1.29 is 0 Å². The molecule has 0 aliphatic carbocycles. The summed E-state index contributed by atoms with van der Waals surface area (Å²) in [7, 11) is 0. The topological polar surface area (TPSA) is 56.7 Å². The van der Waals surface area contributed by atoms with Gasteiger partial charge in [0.2, 0.25) is 0 Å². The first-order chi connectivity index (χ1) is 8.24. The van der Waals surface area contributed by atoms with Crippen molar-refractivity contribution in [2.24, 2.45) is 5.73 Å². The van der Waals surface area contributed by atoms with Crippen molar-refractivity contribution in [3.8, 4) is 0 Å². The van der Waals surface area contributed by atoms with Crippen molar-refractivity contribution >= 4 is 15.9 Å². The van der Waals surface area contributed by atoms with Crippen LogP contribution in [0.3, 0.4) is 0 Å². The number of aromatic nitrogens is 3. The van der Waals surface area contributed by atoms with Gasteiger partial charge >= 0.3 is 0 Å². The zero-order chi connectivity index (χ0) is 12.3. The number of nitrogens with two attached hydrogens (primary N) is 1. The third kappa shape index (κ3) is 2.56. The maximum absolute atomic E-state index is 6.20. The maximum atomic E-state index is 6.20. The van der Waals surface area contributed by atoms with Crippen LogP contribution >= 0.6 is 15.9 Å². The third-order valence-corrected chi connectivity index (χ3v) is 3.54. The molecule has 5 heteroatoms. The van der Waals surface area contributed by atoms with E-state index in [1.165, 1.54) is 6.33 Å². The van der Waals surface area contributed by atoms with Gasteiger partial charge in [-0.3, -0.25) is 0 Å². The molecule has 0 saturated carbocycles. The van der Waals surface area contributed by atoms with Crippen molar-refractivity contribution in [2.45, 2.75) is 25.4 Å². The molecule has 2 N–H and O–H groups in total. The summed E-state index contributed by atoms with van der Waals surface area (Å²) in [5.41, 5.74) is 7.33. The van der Waals surface area contributed by atoms with E-state index in [9.17, 15) is 0 Å². The van der Waals surface area contributed by atoms with Crippen LogP contribution in [0.1, 0.15) is 24.9 Å². The normalized spacial score (nSPS) is 14.5. The van der Waals surface area contributed by atoms with Gasteiger partial charge in [-0.1, -0.05) is 41.1 Å². The van der Waals surface area contributed by atoms with E-state index in [1.807, 2.05) is 22.9 Å². The predicted octanol–water partition coefficient (Wildman–Crippen LogP) is 2.37. The first-order valence-electron chi connectivity index (χ1n) is 5.58. The summed E-state index contributed by atoms with van der Waals surface area (Å²) in [6.07, 6.45) is 4.12. The van der Waals surface area contributed by atoms with Gasteiger partial charge in [-0.15, -0.1) is 0 Å². The van der Waals surface area contributed by atoms with Gasteiger partial charge in [-0.05, 0) is 18.1 Å². The quantitative estimate of drug-likeness (QED) is 0.942. The first-order valence-corrected chi connectivity index (χ1v) is 6.37. The Morgan fingerprint density at radius 1 is 1.41 bits per heavy atom. The zero-order valence-corrected chi connectivity index (χ0v) is 11.2. The summed E-state index contributed by atoms with van der Waals surface area (Å²) in [4.78, 5) is 4.00. The average Bonchev–Trinajstić information content (AvgIpc) is 2.85. The highest BCUT2D eigenvalue weighted by Gasteiger charge is 2.22. The second-order valence-electron chi connectivity index (χ2n) is 3.91. The SMILES string of the molecule is CCC(N)C(c1ccccc1Br)n1cncn1. The number of hydrogen-bond donors (Lipinski definition) is 1. The van der Waals surface area contributed by atoms with Gasteiger partial charge in [0.05, 0.1) is 6.04 Å². The van der Waals surface area contributed by atoms with Crippen LogP contribution in [0.2, 0.25) is 0 Å². The number of halogens is 1. The fourth-order valence-electron chi connectivity index (χ4n) is 1.87. The molecule has 0 spiro atoms. The lowest BCUT2D eigenvalue weighted by Crippen LogP contribution is -2.33. The van der Waals surface area contributed by atoms with Gasteiger partial charge in [0, 0.05) is 10.5 Å². The minimum absolute atomic E-state index is 0.00963. The van der Waals surface area contributed by atoms with Crippen molar-refractivity contribution in [2.75, 3.05) is 0 Å². The molecule has 0 aliphatic heterocycles. The molecular formula is C12H15BrN4. The summed E-state index contributed by atoms with van der Waals surface area (Å²) in [6.45, 7) is 2.07. The molecule has 2 atom stereocenters. The van der Waals surface area contributed by atoms with E-state index in [0.29, 0.717) is 0 Å². The minimum atomic E-state index is 0.00963. The highest BCUT2D eigenvalue weighted by Crippen LogP contribution is 2.28. The Kier molecular flexibility index (Phi) is 3.91. The standard InChI is InChI=1S/C12H15BrN4/c1-2-11(14)12(17-8-15-7-16-17)9-5-3-4-6-10(9)13/h3-8,11-12H,2,14H2,1H3. The zero-order valence-electron chi connectivity index (χ0n) is 9.62. The van der Waals surface area contributed by atoms with Crippen molar-refractivity contribution in [1.82, 2.24) is 14.8 Å². The predicted molar refractivity (Wildman–Crippen MR) is 70.6 cm³/mol. The van der Waals surface area contributed by atoms with E-state index < -0.39 is 0 Å². The van der Waals surface area contributed by atoms with Crippen molar-refractivity contribution in [3.63, 3.8) is 0 Å². The van der Waals surface area contributed by atoms with E-state index in [-0.39, 0.29) is 12.1 Å². The lowest BCUT2D eigenvalue weighted by molar-refractivity contribution is 0.422. The molecule has 1 heterocycles. The van der Waals surface area contributed by atoms with Crippen LogP contribution in [-0.2, 0) is 0 Å². The van der Waals surface area contributed by atoms with Gasteiger partial charge < -0.3 is 5.73 Å². The summed E-state index contributed by atoms with van der Waals surface area (Å²) in [5, 5.41) is 4.21. The van der Waals surface area contributed by atoms with Gasteiger partial charge in [-0.25, -0.2) is 9.67 Å². The van der Waals surface area contributed by atoms with Crippen LogP contribution in [-0.4, -0.2) is 20.8 Å². The van der Waals surface area contributed by atoms with Crippen LogP contribution in [0, 0.1) is 0 Å². The molecule has 2 unspecified atom stereocenters. The Hall–Kier alpha value is -1.20. The highest BCUT2D eigenvalue weighted by atomic mass is 79.9. The van der Waals surface area contributed by atoms with Gasteiger partial charge in [0.25, 0.3) is 0 Å².